The first kappa shape index (κ1) is 15.0. The largest absolute Gasteiger partial charge is 0.497 e. The molecule has 1 aliphatic rings. The molecule has 0 radical (unpaired) electrons. The molecule has 2 aromatic carbocycles. The van der Waals surface area contributed by atoms with E-state index in [2.05, 4.69) is 4.72 Å². The molecule has 116 valence electrons. The highest BCUT2D eigenvalue weighted by Gasteiger charge is 2.17. The van der Waals surface area contributed by atoms with Gasteiger partial charge in [-0.1, -0.05) is 6.07 Å². The zero-order valence-electron chi connectivity index (χ0n) is 12.2. The summed E-state index contributed by atoms with van der Waals surface area (Å²) in [4.78, 5) is 3.00. The lowest BCUT2D eigenvalue weighted by atomic mass is 10.2. The average molecular weight is 320 g/mol. The summed E-state index contributed by atoms with van der Waals surface area (Å²) in [5, 5.41) is 0. The number of methoxy groups -OCH3 is 1. The Hall–Kier alpha value is -1.92. The Labute approximate surface area is 133 Å². The molecule has 0 saturated heterocycles. The van der Waals surface area contributed by atoms with Gasteiger partial charge in [-0.25, -0.2) is 9.11 Å². The number of ether oxygens (including phenoxy) is 2. The van der Waals surface area contributed by atoms with Crippen LogP contribution in [-0.4, -0.2) is 27.0 Å². The van der Waals surface area contributed by atoms with Gasteiger partial charge in [0.1, 0.15) is 23.9 Å². The Morgan fingerprint density at radius 1 is 1.18 bits per heavy atom. The van der Waals surface area contributed by atoms with E-state index < -0.39 is 0 Å². The zero-order chi connectivity index (χ0) is 15.4. The first-order valence-corrected chi connectivity index (χ1v) is 7.78. The number of halogens is 1. The van der Waals surface area contributed by atoms with Crippen LogP contribution in [0, 0.1) is 0 Å². The third-order valence-electron chi connectivity index (χ3n) is 3.34. The summed E-state index contributed by atoms with van der Waals surface area (Å²) in [6.45, 7) is 0.655. The minimum Gasteiger partial charge on any atom is -0.497 e. The third kappa shape index (κ3) is 3.28. The van der Waals surface area contributed by atoms with Gasteiger partial charge in [-0.05, 0) is 42.3 Å². The number of nitrogens with one attached hydrogen (secondary N) is 1. The standard InChI is InChI=1S/C16H17FN2O2S/c1-20-12-3-2-4-13(9-12)21-14-5-6-15-16(10-14)22-18-11-19(15)8-7-17/h2-6,9-10,18H,7-8,11H2,1H3. The van der Waals surface area contributed by atoms with Crippen LogP contribution in [-0.2, 0) is 0 Å². The molecule has 1 aliphatic heterocycles. The maximum Gasteiger partial charge on any atom is 0.131 e. The van der Waals surface area contributed by atoms with E-state index in [0.29, 0.717) is 19.0 Å². The Kier molecular flexibility index (Phi) is 4.70. The van der Waals surface area contributed by atoms with Gasteiger partial charge in [0.05, 0.1) is 19.5 Å². The minimum absolute atomic E-state index is 0.367. The van der Waals surface area contributed by atoms with Gasteiger partial charge in [0.15, 0.2) is 0 Å². The second kappa shape index (κ2) is 6.89. The maximum atomic E-state index is 12.6. The molecule has 0 unspecified atom stereocenters. The normalized spacial score (nSPS) is 13.6. The molecular formula is C16H17FN2O2S. The summed E-state index contributed by atoms with van der Waals surface area (Å²) in [6, 6.07) is 13.3. The van der Waals surface area contributed by atoms with E-state index in [1.165, 1.54) is 11.9 Å². The lowest BCUT2D eigenvalue weighted by molar-refractivity contribution is 0.409. The van der Waals surface area contributed by atoms with Crippen LogP contribution in [0.25, 0.3) is 0 Å². The van der Waals surface area contributed by atoms with Crippen LogP contribution in [0.5, 0.6) is 17.2 Å². The van der Waals surface area contributed by atoms with Crippen LogP contribution < -0.4 is 19.1 Å². The van der Waals surface area contributed by atoms with Crippen molar-refractivity contribution < 1.29 is 13.9 Å². The molecule has 1 N–H and O–H groups in total. The Morgan fingerprint density at radius 2 is 2.00 bits per heavy atom. The van der Waals surface area contributed by atoms with Crippen molar-refractivity contribution in [3.05, 3.63) is 42.5 Å². The van der Waals surface area contributed by atoms with E-state index >= 15 is 0 Å². The number of hydrogen-bond donors (Lipinski definition) is 1. The second-order valence-corrected chi connectivity index (χ2v) is 5.70. The zero-order valence-corrected chi connectivity index (χ0v) is 13.0. The van der Waals surface area contributed by atoms with Gasteiger partial charge in [0, 0.05) is 17.5 Å². The van der Waals surface area contributed by atoms with Crippen LogP contribution in [0.3, 0.4) is 0 Å². The first-order valence-electron chi connectivity index (χ1n) is 6.97. The van der Waals surface area contributed by atoms with Crippen molar-refractivity contribution in [2.45, 2.75) is 4.90 Å². The van der Waals surface area contributed by atoms with Gasteiger partial charge in [0.2, 0.25) is 0 Å². The number of alkyl halides is 1. The fraction of sp³-hybridized carbons (Fsp3) is 0.250. The monoisotopic (exact) mass is 320 g/mol. The lowest BCUT2D eigenvalue weighted by Crippen LogP contribution is -2.36. The van der Waals surface area contributed by atoms with Crippen molar-refractivity contribution in [1.82, 2.24) is 4.72 Å². The Morgan fingerprint density at radius 3 is 2.82 bits per heavy atom. The average Bonchev–Trinajstić information content (AvgIpc) is 2.55. The van der Waals surface area contributed by atoms with Crippen molar-refractivity contribution in [1.29, 1.82) is 0 Å². The van der Waals surface area contributed by atoms with Crippen LogP contribution in [0.15, 0.2) is 47.4 Å². The molecule has 0 bridgehead atoms. The van der Waals surface area contributed by atoms with Crippen molar-refractivity contribution in [3.63, 3.8) is 0 Å². The summed E-state index contributed by atoms with van der Waals surface area (Å²) in [5.41, 5.74) is 1.03. The Bertz CT molecular complexity index is 654. The van der Waals surface area contributed by atoms with Gasteiger partial charge in [-0.2, -0.15) is 0 Å². The molecule has 3 rings (SSSR count). The molecule has 0 fully saturated rings. The first-order chi connectivity index (χ1) is 10.8. The number of benzene rings is 2. The van der Waals surface area contributed by atoms with E-state index in [0.717, 1.165) is 22.1 Å². The third-order valence-corrected chi connectivity index (χ3v) is 4.16. The summed E-state index contributed by atoms with van der Waals surface area (Å²) in [5.74, 6) is 2.21. The van der Waals surface area contributed by atoms with E-state index in [9.17, 15) is 4.39 Å². The molecule has 2 aromatic rings. The topological polar surface area (TPSA) is 33.7 Å². The van der Waals surface area contributed by atoms with Crippen LogP contribution in [0.1, 0.15) is 0 Å². The maximum absolute atomic E-state index is 12.6. The summed E-state index contributed by atoms with van der Waals surface area (Å²) in [6.07, 6.45) is 0. The number of nitrogens with zero attached hydrogens (tertiary/aromatic N) is 1. The van der Waals surface area contributed by atoms with Gasteiger partial charge in [-0.15, -0.1) is 0 Å². The summed E-state index contributed by atoms with van der Waals surface area (Å²) >= 11 is 1.53. The van der Waals surface area contributed by atoms with E-state index in [1.54, 1.807) is 7.11 Å². The van der Waals surface area contributed by atoms with Gasteiger partial charge >= 0.3 is 0 Å². The lowest BCUT2D eigenvalue weighted by Gasteiger charge is -2.30. The van der Waals surface area contributed by atoms with E-state index in [-0.39, 0.29) is 6.67 Å². The van der Waals surface area contributed by atoms with Gasteiger partial charge < -0.3 is 14.4 Å². The molecule has 6 heteroatoms. The fourth-order valence-electron chi connectivity index (χ4n) is 2.28. The van der Waals surface area contributed by atoms with Crippen molar-refractivity contribution in [3.8, 4) is 17.2 Å². The van der Waals surface area contributed by atoms with Gasteiger partial charge in [0.25, 0.3) is 0 Å². The van der Waals surface area contributed by atoms with E-state index in [4.69, 9.17) is 9.47 Å². The number of rotatable bonds is 5. The molecule has 22 heavy (non-hydrogen) atoms. The van der Waals surface area contributed by atoms with Crippen molar-refractivity contribution >= 4 is 17.6 Å². The molecule has 1 heterocycles. The van der Waals surface area contributed by atoms with E-state index in [1.807, 2.05) is 47.4 Å². The number of fused-ring (bicyclic) bond motifs is 1. The SMILES string of the molecule is COc1cccc(Oc2ccc3c(c2)SNCN3CCF)c1. The van der Waals surface area contributed by atoms with Crippen LogP contribution >= 0.6 is 11.9 Å². The van der Waals surface area contributed by atoms with Gasteiger partial charge in [-0.3, -0.25) is 0 Å². The highest BCUT2D eigenvalue weighted by atomic mass is 32.2. The van der Waals surface area contributed by atoms with Crippen molar-refractivity contribution in [2.24, 2.45) is 0 Å². The quantitative estimate of drug-likeness (QED) is 0.847. The molecule has 0 saturated carbocycles. The molecule has 0 amide bonds. The predicted octanol–water partition coefficient (Wildman–Crippen LogP) is 3.83. The Balaban J connectivity index is 1.81. The number of hydrogen-bond acceptors (Lipinski definition) is 5. The van der Waals surface area contributed by atoms with Crippen molar-refractivity contribution in [2.75, 3.05) is 31.9 Å². The summed E-state index contributed by atoms with van der Waals surface area (Å²) in [7, 11) is 1.62. The van der Waals surface area contributed by atoms with Crippen LogP contribution in [0.4, 0.5) is 10.1 Å². The van der Waals surface area contributed by atoms with Crippen LogP contribution in [0.2, 0.25) is 0 Å². The second-order valence-electron chi connectivity index (χ2n) is 4.77. The number of anilines is 1. The highest BCUT2D eigenvalue weighted by Crippen LogP contribution is 2.36. The molecule has 0 atom stereocenters. The molecule has 0 aromatic heterocycles. The molecular weight excluding hydrogens is 303 g/mol. The minimum atomic E-state index is -0.367. The molecule has 0 spiro atoms. The smallest absolute Gasteiger partial charge is 0.131 e. The summed E-state index contributed by atoms with van der Waals surface area (Å²) < 4.78 is 26.8. The predicted molar refractivity (Wildman–Crippen MR) is 86.7 cm³/mol. The fourth-order valence-corrected chi connectivity index (χ4v) is 3.13. The molecule has 4 nitrogen and oxygen atoms in total. The highest BCUT2D eigenvalue weighted by molar-refractivity contribution is 7.97. The molecule has 0 aliphatic carbocycles.